The molecule has 5 heteroatoms. The van der Waals surface area contributed by atoms with Crippen LogP contribution < -0.4 is 0 Å². The quantitative estimate of drug-likeness (QED) is 0.548. The summed E-state index contributed by atoms with van der Waals surface area (Å²) in [7, 11) is 0. The highest BCUT2D eigenvalue weighted by Crippen LogP contribution is 2.38. The van der Waals surface area contributed by atoms with Gasteiger partial charge in [0.15, 0.2) is 0 Å². The normalized spacial score (nSPS) is 12.5. The second-order valence-corrected chi connectivity index (χ2v) is 5.89. The van der Waals surface area contributed by atoms with Crippen LogP contribution in [0, 0.1) is 5.82 Å². The van der Waals surface area contributed by atoms with Gasteiger partial charge in [0.1, 0.15) is 5.82 Å². The molecule has 0 amide bonds. The van der Waals surface area contributed by atoms with Crippen LogP contribution in [0.25, 0.3) is 0 Å². The average molecular weight is 368 g/mol. The lowest BCUT2D eigenvalue weighted by Crippen LogP contribution is -1.97. The van der Waals surface area contributed by atoms with Crippen LogP contribution in [0.3, 0.4) is 0 Å². The molecule has 0 aliphatic heterocycles. The lowest BCUT2D eigenvalue weighted by molar-refractivity contribution is 0.613. The molecule has 0 heterocycles. The van der Waals surface area contributed by atoms with Gasteiger partial charge < -0.3 is 0 Å². The Bertz CT molecular complexity index is 586. The van der Waals surface area contributed by atoms with E-state index in [1.165, 1.54) is 6.07 Å². The number of halogens is 5. The summed E-state index contributed by atoms with van der Waals surface area (Å²) < 4.78 is 13.8. The average Bonchev–Trinajstić information content (AvgIpc) is 2.31. The molecular weight excluding hydrogens is 361 g/mol. The highest BCUT2D eigenvalue weighted by atomic mass is 79.9. The minimum Gasteiger partial charge on any atom is -0.207 e. The van der Waals surface area contributed by atoms with E-state index in [2.05, 4.69) is 15.9 Å². The number of hydrogen-bond acceptors (Lipinski definition) is 0. The van der Waals surface area contributed by atoms with E-state index in [0.717, 1.165) is 0 Å². The third-order valence-electron chi connectivity index (χ3n) is 2.47. The molecule has 0 radical (unpaired) electrons. The van der Waals surface area contributed by atoms with E-state index in [1.807, 2.05) is 0 Å². The van der Waals surface area contributed by atoms with Gasteiger partial charge in [-0.15, -0.1) is 0 Å². The van der Waals surface area contributed by atoms with Crippen molar-refractivity contribution in [2.24, 2.45) is 0 Å². The van der Waals surface area contributed by atoms with Crippen molar-refractivity contribution in [2.75, 3.05) is 0 Å². The maximum atomic E-state index is 13.8. The Morgan fingerprint density at radius 2 is 1.50 bits per heavy atom. The van der Waals surface area contributed by atoms with Gasteiger partial charge in [0.2, 0.25) is 0 Å². The molecule has 0 aliphatic carbocycles. The molecule has 0 fully saturated rings. The van der Waals surface area contributed by atoms with Crippen LogP contribution in [0.15, 0.2) is 36.4 Å². The molecule has 0 N–H and O–H groups in total. The molecule has 2 rings (SSSR count). The van der Waals surface area contributed by atoms with Crippen LogP contribution in [0.2, 0.25) is 15.1 Å². The van der Waals surface area contributed by atoms with E-state index < -0.39 is 0 Å². The summed E-state index contributed by atoms with van der Waals surface area (Å²) in [6, 6.07) is 9.59. The van der Waals surface area contributed by atoms with Gasteiger partial charge in [-0.1, -0.05) is 56.8 Å². The topological polar surface area (TPSA) is 0 Å². The Morgan fingerprint density at radius 3 is 2.17 bits per heavy atom. The largest absolute Gasteiger partial charge is 0.207 e. The summed E-state index contributed by atoms with van der Waals surface area (Å²) in [6.45, 7) is 0. The van der Waals surface area contributed by atoms with Crippen molar-refractivity contribution in [3.63, 3.8) is 0 Å². The first kappa shape index (κ1) is 14.1. The van der Waals surface area contributed by atoms with E-state index in [1.54, 1.807) is 30.3 Å². The molecule has 2 aromatic carbocycles. The molecule has 0 spiro atoms. The van der Waals surface area contributed by atoms with Gasteiger partial charge in [0.05, 0.1) is 4.83 Å². The second kappa shape index (κ2) is 5.79. The van der Waals surface area contributed by atoms with Gasteiger partial charge in [0, 0.05) is 20.6 Å². The van der Waals surface area contributed by atoms with E-state index in [0.29, 0.717) is 26.2 Å². The molecule has 18 heavy (non-hydrogen) atoms. The predicted molar refractivity (Wildman–Crippen MR) is 78.6 cm³/mol. The van der Waals surface area contributed by atoms with E-state index >= 15 is 0 Å². The van der Waals surface area contributed by atoms with Gasteiger partial charge in [-0.2, -0.15) is 0 Å². The van der Waals surface area contributed by atoms with Gasteiger partial charge in [0.25, 0.3) is 0 Å². The predicted octanol–water partition coefficient (Wildman–Crippen LogP) is 6.27. The zero-order valence-corrected chi connectivity index (χ0v) is 12.8. The van der Waals surface area contributed by atoms with Crippen molar-refractivity contribution in [2.45, 2.75) is 4.83 Å². The first-order valence-electron chi connectivity index (χ1n) is 5.03. The lowest BCUT2D eigenvalue weighted by atomic mass is 10.0. The van der Waals surface area contributed by atoms with Gasteiger partial charge >= 0.3 is 0 Å². The summed E-state index contributed by atoms with van der Waals surface area (Å²) in [5.74, 6) is -0.389. The molecule has 1 atom stereocenters. The molecule has 0 aromatic heterocycles. The van der Waals surface area contributed by atoms with Crippen LogP contribution in [0.5, 0.6) is 0 Å². The van der Waals surface area contributed by atoms with Crippen LogP contribution >= 0.6 is 50.7 Å². The van der Waals surface area contributed by atoms with Gasteiger partial charge in [-0.25, -0.2) is 4.39 Å². The van der Waals surface area contributed by atoms with Gasteiger partial charge in [-0.05, 0) is 35.9 Å². The summed E-state index contributed by atoms with van der Waals surface area (Å²) in [6.07, 6.45) is 0. The number of benzene rings is 2. The fraction of sp³-hybridized carbons (Fsp3) is 0.0769. The Balaban J connectivity index is 2.47. The van der Waals surface area contributed by atoms with E-state index in [-0.39, 0.29) is 10.6 Å². The molecular formula is C13H7BrCl3F. The van der Waals surface area contributed by atoms with Crippen molar-refractivity contribution in [1.29, 1.82) is 0 Å². The monoisotopic (exact) mass is 366 g/mol. The smallest absolute Gasteiger partial charge is 0.129 e. The van der Waals surface area contributed by atoms with Gasteiger partial charge in [-0.3, -0.25) is 0 Å². The lowest BCUT2D eigenvalue weighted by Gasteiger charge is -2.14. The maximum Gasteiger partial charge on any atom is 0.129 e. The van der Waals surface area contributed by atoms with Crippen molar-refractivity contribution < 1.29 is 4.39 Å². The minimum absolute atomic E-state index is 0.355. The van der Waals surface area contributed by atoms with E-state index in [4.69, 9.17) is 34.8 Å². The zero-order valence-electron chi connectivity index (χ0n) is 8.93. The van der Waals surface area contributed by atoms with Crippen LogP contribution in [0.1, 0.15) is 16.0 Å². The Kier molecular flexibility index (Phi) is 4.54. The molecule has 94 valence electrons. The van der Waals surface area contributed by atoms with Crippen molar-refractivity contribution >= 4 is 50.7 Å². The van der Waals surface area contributed by atoms with Crippen LogP contribution in [-0.4, -0.2) is 0 Å². The first-order valence-corrected chi connectivity index (χ1v) is 7.08. The summed E-state index contributed by atoms with van der Waals surface area (Å²) in [5, 5.41) is 1.43. The standard InChI is InChI=1S/C13H7BrCl3F/c14-13(9-3-1-8(16)6-12(9)18)10-5-7(15)2-4-11(10)17/h1-6,13H. The van der Waals surface area contributed by atoms with Crippen molar-refractivity contribution in [3.8, 4) is 0 Å². The number of alkyl halides is 1. The maximum absolute atomic E-state index is 13.8. The van der Waals surface area contributed by atoms with Crippen LogP contribution in [-0.2, 0) is 0 Å². The number of hydrogen-bond donors (Lipinski definition) is 0. The molecule has 0 saturated heterocycles. The summed E-state index contributed by atoms with van der Waals surface area (Å²) in [4.78, 5) is -0.374. The summed E-state index contributed by atoms with van der Waals surface area (Å²) >= 11 is 21.2. The minimum atomic E-state index is -0.389. The Labute approximate surface area is 128 Å². The number of rotatable bonds is 2. The van der Waals surface area contributed by atoms with Crippen molar-refractivity contribution in [1.82, 2.24) is 0 Å². The Hall–Kier alpha value is -0.280. The highest BCUT2D eigenvalue weighted by molar-refractivity contribution is 9.09. The highest BCUT2D eigenvalue weighted by Gasteiger charge is 2.18. The molecule has 2 aromatic rings. The summed E-state index contributed by atoms with van der Waals surface area (Å²) in [5.41, 5.74) is 1.17. The first-order chi connectivity index (χ1) is 8.49. The SMILES string of the molecule is Fc1cc(Cl)ccc1C(Br)c1cc(Cl)ccc1Cl. The fourth-order valence-corrected chi connectivity index (χ4v) is 3.03. The molecule has 0 bridgehead atoms. The van der Waals surface area contributed by atoms with Crippen molar-refractivity contribution in [3.05, 3.63) is 68.4 Å². The molecule has 1 unspecified atom stereocenters. The molecule has 0 saturated carbocycles. The Morgan fingerprint density at radius 1 is 0.889 bits per heavy atom. The third-order valence-corrected chi connectivity index (χ3v) is 4.27. The molecule has 0 nitrogen and oxygen atoms in total. The fourth-order valence-electron chi connectivity index (χ4n) is 1.58. The van der Waals surface area contributed by atoms with E-state index in [9.17, 15) is 4.39 Å². The molecule has 0 aliphatic rings. The van der Waals surface area contributed by atoms with Crippen LogP contribution in [0.4, 0.5) is 4.39 Å². The second-order valence-electron chi connectivity index (χ2n) is 3.69. The zero-order chi connectivity index (χ0) is 13.3. The third kappa shape index (κ3) is 3.00.